The summed E-state index contributed by atoms with van der Waals surface area (Å²) in [4.78, 5) is 0. The molecule has 0 aromatic carbocycles. The van der Waals surface area contributed by atoms with Gasteiger partial charge >= 0.3 is 0 Å². The van der Waals surface area contributed by atoms with Crippen LogP contribution < -0.4 is 5.73 Å². The van der Waals surface area contributed by atoms with Gasteiger partial charge in [-0.05, 0) is 19.8 Å². The van der Waals surface area contributed by atoms with E-state index >= 15 is 0 Å². The Morgan fingerprint density at radius 2 is 1.88 bits per heavy atom. The Hall–Kier alpha value is -0.0400. The predicted molar refractivity (Wildman–Crippen MR) is 37.8 cm³/mol. The van der Waals surface area contributed by atoms with E-state index in [4.69, 9.17) is 5.73 Å². The largest absolute Gasteiger partial charge is 0.325 e. The minimum Gasteiger partial charge on any atom is -0.325 e. The summed E-state index contributed by atoms with van der Waals surface area (Å²) in [6, 6.07) is 0. The highest BCUT2D eigenvalue weighted by Gasteiger charge is 2.12. The standard InChI is InChI=1S/C7H17N/c1-4-6-7(3,8)5-2/h4-6,8H2,1-3H3. The molecule has 1 heteroatoms. The predicted octanol–water partition coefficient (Wildman–Crippen LogP) is 1.91. The average Bonchev–Trinajstić information content (AvgIpc) is 1.67. The third kappa shape index (κ3) is 3.03. The molecular formula is C7H17N. The molecule has 0 heterocycles. The molecule has 0 bridgehead atoms. The van der Waals surface area contributed by atoms with Gasteiger partial charge in [0.25, 0.3) is 0 Å². The zero-order valence-electron chi connectivity index (χ0n) is 6.20. The van der Waals surface area contributed by atoms with Crippen LogP contribution in [0.3, 0.4) is 0 Å². The first kappa shape index (κ1) is 7.96. The second-order valence-electron chi connectivity index (χ2n) is 2.76. The van der Waals surface area contributed by atoms with Gasteiger partial charge in [-0.1, -0.05) is 20.3 Å². The summed E-state index contributed by atoms with van der Waals surface area (Å²) in [6.45, 7) is 6.41. The van der Waals surface area contributed by atoms with E-state index in [1.165, 1.54) is 6.42 Å². The number of nitrogens with two attached hydrogens (primary N) is 1. The third-order valence-corrected chi connectivity index (χ3v) is 1.63. The fourth-order valence-corrected chi connectivity index (χ4v) is 0.748. The highest BCUT2D eigenvalue weighted by Crippen LogP contribution is 2.11. The van der Waals surface area contributed by atoms with Crippen LogP contribution in [0.15, 0.2) is 0 Å². The van der Waals surface area contributed by atoms with Crippen molar-refractivity contribution in [3.05, 3.63) is 0 Å². The van der Waals surface area contributed by atoms with Gasteiger partial charge in [0, 0.05) is 5.54 Å². The quantitative estimate of drug-likeness (QED) is 0.597. The maximum atomic E-state index is 5.83. The lowest BCUT2D eigenvalue weighted by atomic mass is 9.95. The van der Waals surface area contributed by atoms with Crippen LogP contribution in [0.5, 0.6) is 0 Å². The molecule has 0 saturated heterocycles. The Kier molecular flexibility index (Phi) is 3.06. The number of rotatable bonds is 3. The molecule has 8 heavy (non-hydrogen) atoms. The van der Waals surface area contributed by atoms with Gasteiger partial charge in [-0.25, -0.2) is 0 Å². The molecule has 0 aliphatic heterocycles. The van der Waals surface area contributed by atoms with Crippen molar-refractivity contribution < 1.29 is 0 Å². The molecule has 0 fully saturated rings. The molecule has 0 aromatic heterocycles. The lowest BCUT2D eigenvalue weighted by Gasteiger charge is -2.20. The van der Waals surface area contributed by atoms with Crippen molar-refractivity contribution in [3.63, 3.8) is 0 Å². The van der Waals surface area contributed by atoms with E-state index in [1.807, 2.05) is 0 Å². The Bertz CT molecular complexity index is 57.4. The zero-order valence-corrected chi connectivity index (χ0v) is 6.20. The van der Waals surface area contributed by atoms with Crippen molar-refractivity contribution in [2.24, 2.45) is 5.73 Å². The molecule has 0 rings (SSSR count). The number of hydrogen-bond donors (Lipinski definition) is 1. The lowest BCUT2D eigenvalue weighted by molar-refractivity contribution is 0.414. The van der Waals surface area contributed by atoms with E-state index in [1.54, 1.807) is 0 Å². The van der Waals surface area contributed by atoms with Crippen molar-refractivity contribution in [1.82, 2.24) is 0 Å². The van der Waals surface area contributed by atoms with Crippen molar-refractivity contribution in [3.8, 4) is 0 Å². The van der Waals surface area contributed by atoms with Gasteiger partial charge < -0.3 is 5.73 Å². The van der Waals surface area contributed by atoms with Crippen LogP contribution in [0.4, 0.5) is 0 Å². The fourth-order valence-electron chi connectivity index (χ4n) is 0.748. The van der Waals surface area contributed by atoms with Gasteiger partial charge in [0.15, 0.2) is 0 Å². The summed E-state index contributed by atoms with van der Waals surface area (Å²) in [7, 11) is 0. The van der Waals surface area contributed by atoms with Crippen LogP contribution in [-0.2, 0) is 0 Å². The molecule has 0 saturated carbocycles. The summed E-state index contributed by atoms with van der Waals surface area (Å²) in [5.74, 6) is 0. The Morgan fingerprint density at radius 3 is 2.00 bits per heavy atom. The van der Waals surface area contributed by atoms with Gasteiger partial charge in [-0.15, -0.1) is 0 Å². The second-order valence-corrected chi connectivity index (χ2v) is 2.76. The van der Waals surface area contributed by atoms with E-state index in [-0.39, 0.29) is 5.54 Å². The molecule has 0 spiro atoms. The van der Waals surface area contributed by atoms with Crippen LogP contribution in [0.1, 0.15) is 40.0 Å². The van der Waals surface area contributed by atoms with E-state index in [0.29, 0.717) is 0 Å². The van der Waals surface area contributed by atoms with Gasteiger partial charge in [0.05, 0.1) is 0 Å². The highest BCUT2D eigenvalue weighted by molar-refractivity contribution is 4.74. The van der Waals surface area contributed by atoms with Crippen LogP contribution in [0.2, 0.25) is 0 Å². The maximum absolute atomic E-state index is 5.83. The van der Waals surface area contributed by atoms with Crippen molar-refractivity contribution in [1.29, 1.82) is 0 Å². The Labute approximate surface area is 52.3 Å². The minimum absolute atomic E-state index is 0.0920. The van der Waals surface area contributed by atoms with E-state index in [2.05, 4.69) is 20.8 Å². The summed E-state index contributed by atoms with van der Waals surface area (Å²) in [5, 5.41) is 0. The molecule has 0 aromatic rings. The van der Waals surface area contributed by atoms with E-state index in [0.717, 1.165) is 12.8 Å². The number of hydrogen-bond acceptors (Lipinski definition) is 1. The smallest absolute Gasteiger partial charge is 0.0123 e. The van der Waals surface area contributed by atoms with Gasteiger partial charge in [0.2, 0.25) is 0 Å². The Morgan fingerprint density at radius 1 is 1.38 bits per heavy atom. The first-order valence-electron chi connectivity index (χ1n) is 3.41. The van der Waals surface area contributed by atoms with Gasteiger partial charge in [-0.2, -0.15) is 0 Å². The molecule has 0 radical (unpaired) electrons. The summed E-state index contributed by atoms with van der Waals surface area (Å²) in [5.41, 5.74) is 5.92. The van der Waals surface area contributed by atoms with Crippen LogP contribution in [0, 0.1) is 0 Å². The normalized spacial score (nSPS) is 18.0. The van der Waals surface area contributed by atoms with Crippen molar-refractivity contribution >= 4 is 0 Å². The molecule has 0 aliphatic carbocycles. The molecular weight excluding hydrogens is 98.1 g/mol. The first-order chi connectivity index (χ1) is 3.62. The Balaban J connectivity index is 3.37. The third-order valence-electron chi connectivity index (χ3n) is 1.63. The summed E-state index contributed by atoms with van der Waals surface area (Å²) < 4.78 is 0. The molecule has 0 amide bonds. The monoisotopic (exact) mass is 115 g/mol. The molecule has 1 unspecified atom stereocenters. The lowest BCUT2D eigenvalue weighted by Crippen LogP contribution is -2.34. The summed E-state index contributed by atoms with van der Waals surface area (Å²) in [6.07, 6.45) is 3.42. The topological polar surface area (TPSA) is 26.0 Å². The molecule has 0 aliphatic rings. The molecule has 2 N–H and O–H groups in total. The van der Waals surface area contributed by atoms with Crippen molar-refractivity contribution in [2.45, 2.75) is 45.6 Å². The fraction of sp³-hybridized carbons (Fsp3) is 1.00. The van der Waals surface area contributed by atoms with Crippen LogP contribution in [-0.4, -0.2) is 5.54 Å². The summed E-state index contributed by atoms with van der Waals surface area (Å²) >= 11 is 0. The van der Waals surface area contributed by atoms with Gasteiger partial charge in [-0.3, -0.25) is 0 Å². The molecule has 1 atom stereocenters. The molecule has 50 valence electrons. The molecule has 1 nitrogen and oxygen atoms in total. The maximum Gasteiger partial charge on any atom is 0.0123 e. The van der Waals surface area contributed by atoms with Crippen LogP contribution >= 0.6 is 0 Å². The second kappa shape index (κ2) is 3.08. The highest BCUT2D eigenvalue weighted by atomic mass is 14.7. The minimum atomic E-state index is 0.0920. The SMILES string of the molecule is CCCC(C)(N)CC. The van der Waals surface area contributed by atoms with Crippen LogP contribution in [0.25, 0.3) is 0 Å². The first-order valence-corrected chi connectivity index (χ1v) is 3.41. The van der Waals surface area contributed by atoms with Gasteiger partial charge in [0.1, 0.15) is 0 Å². The van der Waals surface area contributed by atoms with Crippen molar-refractivity contribution in [2.75, 3.05) is 0 Å². The zero-order chi connectivity index (χ0) is 6.62. The average molecular weight is 115 g/mol. The van der Waals surface area contributed by atoms with E-state index in [9.17, 15) is 0 Å². The van der Waals surface area contributed by atoms with E-state index < -0.39 is 0 Å².